The molecule has 1 aromatic heterocycles. The maximum Gasteiger partial charge on any atom is 0.175 e. The molecular weight excluding hydrogens is 310 g/mol. The smallest absolute Gasteiger partial charge is 0.175 e. The number of benzene rings is 2. The van der Waals surface area contributed by atoms with Gasteiger partial charge in [0.2, 0.25) is 0 Å². The molecule has 0 saturated carbocycles. The minimum absolute atomic E-state index is 0.286. The number of nitrogens with zero attached hydrogens (tertiary/aromatic N) is 1. The number of fused-ring (bicyclic) bond motifs is 1. The Bertz CT molecular complexity index is 941. The van der Waals surface area contributed by atoms with Crippen LogP contribution in [-0.2, 0) is 9.84 Å². The van der Waals surface area contributed by atoms with Gasteiger partial charge in [0, 0.05) is 17.8 Å². The van der Waals surface area contributed by atoms with Gasteiger partial charge in [0.05, 0.1) is 10.4 Å². The Labute approximate surface area is 135 Å². The highest BCUT2D eigenvalue weighted by Crippen LogP contribution is 2.19. The molecule has 3 aromatic rings. The molecule has 5 heteroatoms. The molecule has 0 bridgehead atoms. The van der Waals surface area contributed by atoms with Crippen molar-refractivity contribution in [1.29, 1.82) is 0 Å². The van der Waals surface area contributed by atoms with Gasteiger partial charge in [-0.15, -0.1) is 0 Å². The van der Waals surface area contributed by atoms with Crippen molar-refractivity contribution in [2.45, 2.75) is 4.90 Å². The van der Waals surface area contributed by atoms with E-state index in [1.807, 2.05) is 48.6 Å². The minimum atomic E-state index is -3.23. The van der Waals surface area contributed by atoms with Gasteiger partial charge in [0.1, 0.15) is 6.61 Å². The van der Waals surface area contributed by atoms with E-state index in [1.54, 1.807) is 29.1 Å². The molecule has 3 rings (SSSR count). The molecule has 4 nitrogen and oxygen atoms in total. The van der Waals surface area contributed by atoms with E-state index in [-0.39, 0.29) is 4.90 Å². The molecule has 2 aromatic carbocycles. The molecule has 0 fully saturated rings. The zero-order valence-electron chi connectivity index (χ0n) is 12.7. The van der Waals surface area contributed by atoms with Gasteiger partial charge < -0.3 is 4.84 Å². The van der Waals surface area contributed by atoms with E-state index >= 15 is 0 Å². The monoisotopic (exact) mass is 327 g/mol. The third-order valence-electron chi connectivity index (χ3n) is 3.48. The number of rotatable bonds is 5. The Morgan fingerprint density at radius 1 is 1.09 bits per heavy atom. The van der Waals surface area contributed by atoms with E-state index in [0.29, 0.717) is 6.61 Å². The van der Waals surface area contributed by atoms with Crippen LogP contribution in [0.5, 0.6) is 0 Å². The molecular formula is C18H17NO3S. The summed E-state index contributed by atoms with van der Waals surface area (Å²) in [5.41, 5.74) is 1.84. The van der Waals surface area contributed by atoms with Crippen molar-refractivity contribution in [3.63, 3.8) is 0 Å². The first kappa shape index (κ1) is 15.4. The van der Waals surface area contributed by atoms with Gasteiger partial charge >= 0.3 is 0 Å². The third-order valence-corrected chi connectivity index (χ3v) is 4.59. The molecule has 0 atom stereocenters. The van der Waals surface area contributed by atoms with Crippen molar-refractivity contribution in [2.75, 3.05) is 12.9 Å². The second kappa shape index (κ2) is 6.30. The standard InChI is InChI=1S/C18H17NO3S/c1-23(20,21)17-10-9-16-11-12-19(18(16)14-17)22-13-5-8-15-6-3-2-4-7-15/h2-12,14H,13H2,1H3/b8-5+. The predicted octanol–water partition coefficient (Wildman–Crippen LogP) is 3.19. The molecule has 0 amide bonds. The highest BCUT2D eigenvalue weighted by Gasteiger charge is 2.10. The Morgan fingerprint density at radius 2 is 1.87 bits per heavy atom. The van der Waals surface area contributed by atoms with Gasteiger partial charge in [-0.1, -0.05) is 42.5 Å². The van der Waals surface area contributed by atoms with Crippen LogP contribution in [0.15, 0.2) is 71.8 Å². The van der Waals surface area contributed by atoms with Crippen molar-refractivity contribution >= 4 is 26.8 Å². The topological polar surface area (TPSA) is 48.3 Å². The first-order chi connectivity index (χ1) is 11.0. The lowest BCUT2D eigenvalue weighted by Gasteiger charge is -2.06. The summed E-state index contributed by atoms with van der Waals surface area (Å²) >= 11 is 0. The summed E-state index contributed by atoms with van der Waals surface area (Å²) in [6.07, 6.45) is 6.88. The van der Waals surface area contributed by atoms with Crippen molar-refractivity contribution in [1.82, 2.24) is 4.73 Å². The van der Waals surface area contributed by atoms with E-state index in [0.717, 1.165) is 16.5 Å². The van der Waals surface area contributed by atoms with E-state index < -0.39 is 9.84 Å². The van der Waals surface area contributed by atoms with Crippen molar-refractivity contribution in [3.8, 4) is 0 Å². The van der Waals surface area contributed by atoms with Gasteiger partial charge in [-0.25, -0.2) is 8.42 Å². The molecule has 0 saturated heterocycles. The van der Waals surface area contributed by atoms with Crippen LogP contribution < -0.4 is 4.84 Å². The summed E-state index contributed by atoms with van der Waals surface area (Å²) in [5, 5.41) is 0.935. The molecule has 0 N–H and O–H groups in total. The number of aromatic nitrogens is 1. The van der Waals surface area contributed by atoms with Gasteiger partial charge in [-0.3, -0.25) is 0 Å². The zero-order chi connectivity index (χ0) is 16.3. The van der Waals surface area contributed by atoms with Gasteiger partial charge in [-0.05, 0) is 29.8 Å². The average Bonchev–Trinajstić information content (AvgIpc) is 2.94. The SMILES string of the molecule is CS(=O)(=O)c1ccc2ccn(OC/C=C/c3ccccc3)c2c1. The average molecular weight is 327 g/mol. The summed E-state index contributed by atoms with van der Waals surface area (Å²) in [4.78, 5) is 5.97. The fourth-order valence-corrected chi connectivity index (χ4v) is 2.94. The Hall–Kier alpha value is -2.53. The molecule has 0 aliphatic carbocycles. The molecule has 118 valence electrons. The number of sulfone groups is 1. The largest absolute Gasteiger partial charge is 0.410 e. The second-order valence-corrected chi connectivity index (χ2v) is 7.26. The Balaban J connectivity index is 1.77. The van der Waals surface area contributed by atoms with Gasteiger partial charge in [0.15, 0.2) is 9.84 Å². The predicted molar refractivity (Wildman–Crippen MR) is 92.0 cm³/mol. The molecule has 0 unspecified atom stereocenters. The minimum Gasteiger partial charge on any atom is -0.410 e. The molecule has 0 aliphatic rings. The Morgan fingerprint density at radius 3 is 2.61 bits per heavy atom. The highest BCUT2D eigenvalue weighted by atomic mass is 32.2. The van der Waals surface area contributed by atoms with Crippen LogP contribution >= 0.6 is 0 Å². The molecule has 0 aliphatic heterocycles. The third kappa shape index (κ3) is 3.63. The van der Waals surface area contributed by atoms with Crippen LogP contribution in [0.4, 0.5) is 0 Å². The van der Waals surface area contributed by atoms with Gasteiger partial charge in [0.25, 0.3) is 0 Å². The van der Waals surface area contributed by atoms with E-state index in [1.165, 1.54) is 6.26 Å². The first-order valence-electron chi connectivity index (χ1n) is 7.20. The summed E-state index contributed by atoms with van der Waals surface area (Å²) in [5.74, 6) is 0. The lowest BCUT2D eigenvalue weighted by Crippen LogP contribution is -2.10. The summed E-state index contributed by atoms with van der Waals surface area (Å²) in [7, 11) is -3.23. The first-order valence-corrected chi connectivity index (χ1v) is 9.09. The van der Waals surface area contributed by atoms with Crippen LogP contribution in [0.2, 0.25) is 0 Å². The van der Waals surface area contributed by atoms with Crippen LogP contribution in [0.3, 0.4) is 0 Å². The van der Waals surface area contributed by atoms with Crippen LogP contribution in [-0.4, -0.2) is 26.0 Å². The van der Waals surface area contributed by atoms with Gasteiger partial charge in [-0.2, -0.15) is 4.73 Å². The second-order valence-electron chi connectivity index (χ2n) is 5.24. The summed E-state index contributed by atoms with van der Waals surface area (Å²) < 4.78 is 24.9. The number of hydrogen-bond acceptors (Lipinski definition) is 3. The van der Waals surface area contributed by atoms with E-state index in [9.17, 15) is 8.42 Å². The zero-order valence-corrected chi connectivity index (χ0v) is 13.5. The van der Waals surface area contributed by atoms with Crippen molar-refractivity contribution in [3.05, 3.63) is 72.4 Å². The fourth-order valence-electron chi connectivity index (χ4n) is 2.30. The number of hydrogen-bond donors (Lipinski definition) is 0. The Kier molecular flexibility index (Phi) is 4.21. The van der Waals surface area contributed by atoms with Crippen molar-refractivity contribution < 1.29 is 13.3 Å². The molecule has 0 spiro atoms. The van der Waals surface area contributed by atoms with Crippen LogP contribution in [0.25, 0.3) is 17.0 Å². The van der Waals surface area contributed by atoms with Crippen LogP contribution in [0, 0.1) is 0 Å². The fraction of sp³-hybridized carbons (Fsp3) is 0.111. The summed E-state index contributed by atoms with van der Waals surface area (Å²) in [6.45, 7) is 0.391. The highest BCUT2D eigenvalue weighted by molar-refractivity contribution is 7.90. The summed E-state index contributed by atoms with van der Waals surface area (Å²) in [6, 6.07) is 16.9. The van der Waals surface area contributed by atoms with E-state index in [4.69, 9.17) is 4.84 Å². The normalized spacial score (nSPS) is 12.0. The van der Waals surface area contributed by atoms with E-state index in [2.05, 4.69) is 0 Å². The van der Waals surface area contributed by atoms with Crippen molar-refractivity contribution in [2.24, 2.45) is 0 Å². The maximum absolute atomic E-state index is 11.7. The molecule has 0 radical (unpaired) electrons. The lowest BCUT2D eigenvalue weighted by atomic mass is 10.2. The van der Waals surface area contributed by atoms with Crippen LogP contribution in [0.1, 0.15) is 5.56 Å². The quantitative estimate of drug-likeness (QED) is 0.723. The molecule has 23 heavy (non-hydrogen) atoms. The maximum atomic E-state index is 11.7. The molecule has 1 heterocycles. The lowest BCUT2D eigenvalue weighted by molar-refractivity contribution is 0.146.